The fraction of sp³-hybridized carbons (Fsp3) is 0.278. The lowest BCUT2D eigenvalue weighted by molar-refractivity contribution is -0.0522. The summed E-state index contributed by atoms with van der Waals surface area (Å²) < 4.78 is 165. The maximum Gasteiger partial charge on any atom is 0.490 e. The van der Waals surface area contributed by atoms with Crippen molar-refractivity contribution in [2.75, 3.05) is 79.3 Å². The van der Waals surface area contributed by atoms with Crippen LogP contribution >= 0.6 is 93.3 Å². The molecule has 12 atom stereocenters. The van der Waals surface area contributed by atoms with Gasteiger partial charge in [-0.2, -0.15) is 27.2 Å². The van der Waals surface area contributed by atoms with Crippen molar-refractivity contribution < 1.29 is 209 Å². The summed E-state index contributed by atoms with van der Waals surface area (Å²) in [4.78, 5) is 201. The Balaban J connectivity index is 0.000000214. The molecular weight excluding hydrogens is 2120 g/mol. The number of hydrogen-bond donors (Lipinski definition) is 22. The molecule has 0 aliphatic carbocycles. The summed E-state index contributed by atoms with van der Waals surface area (Å²) in [5, 5.41) is 74.0. The van der Waals surface area contributed by atoms with E-state index in [0.717, 1.165) is 21.8 Å². The van der Waals surface area contributed by atoms with Gasteiger partial charge in [0.25, 0.3) is 22.9 Å². The second kappa shape index (κ2) is 39.2. The number of nitrogens with zero attached hydrogens (tertiary/aromatic N) is 6. The van der Waals surface area contributed by atoms with Crippen LogP contribution in [0.25, 0.3) is 22.3 Å². The van der Waals surface area contributed by atoms with Gasteiger partial charge in [0.15, 0.2) is 127 Å². The molecule has 4 unspecified atom stereocenters. The second-order valence-electron chi connectivity index (χ2n) is 29.9. The molecule has 760 valence electrons. The molecule has 0 saturated carbocycles. The van der Waals surface area contributed by atoms with Crippen molar-refractivity contribution in [3.63, 3.8) is 0 Å². The van der Waals surface area contributed by atoms with Gasteiger partial charge in [-0.3, -0.25) is 47.3 Å². The van der Waals surface area contributed by atoms with Crippen LogP contribution in [0.4, 0.5) is 21.5 Å². The molecule has 4 aromatic heterocycles. The number of H-pyrrole nitrogens is 2. The number of benzene rings is 6. The summed E-state index contributed by atoms with van der Waals surface area (Å²) in [6.45, 7) is -3.81. The average Bonchev–Trinajstić information content (AvgIpc) is 1.47. The molecule has 2 spiro atoms. The van der Waals surface area contributed by atoms with Crippen molar-refractivity contribution in [2.45, 2.75) is 60.3 Å². The number of aromatic amines is 2. The molecule has 70 heteroatoms. The molecule has 4 amide bonds. The minimum Gasteiger partial charge on any atom is -0.503 e. The molecule has 0 bridgehead atoms. The van der Waals surface area contributed by atoms with E-state index in [0.29, 0.717) is 0 Å². The summed E-state index contributed by atoms with van der Waals surface area (Å²) >= 11 is 26.2. The number of nitrogen functional groups attached to an aromatic ring is 2. The minimum absolute atomic E-state index is 0.0104. The van der Waals surface area contributed by atoms with Crippen LogP contribution in [0.15, 0.2) is 82.9 Å². The van der Waals surface area contributed by atoms with Crippen molar-refractivity contribution in [2.24, 2.45) is 0 Å². The number of halogens is 4. The van der Waals surface area contributed by atoms with Crippen LogP contribution < -0.4 is 72.3 Å². The highest BCUT2D eigenvalue weighted by Crippen LogP contribution is 2.70. The van der Waals surface area contributed by atoms with Gasteiger partial charge < -0.3 is 159 Å². The van der Waals surface area contributed by atoms with Gasteiger partial charge in [-0.1, -0.05) is 46.4 Å². The van der Waals surface area contributed by atoms with E-state index in [1.165, 1.54) is 89.1 Å². The van der Waals surface area contributed by atoms with E-state index in [1.807, 2.05) is 0 Å². The molecule has 24 N–H and O–H groups in total. The molecule has 6 aliphatic heterocycles. The number of ether oxygens (including phenoxy) is 12. The van der Waals surface area contributed by atoms with E-state index in [2.05, 4.69) is 77.5 Å². The highest BCUT2D eigenvalue weighted by Gasteiger charge is 2.60. The number of methoxy groups -OCH3 is 4. The Kier molecular flexibility index (Phi) is 28.8. The van der Waals surface area contributed by atoms with Crippen LogP contribution in [0.5, 0.6) is 69.0 Å². The SMILES string of the molecule is COc1cc2c(c(Cl)c1O)Oc1c(cc(OC)c(O)c1Cl)C21OC(=O)c2ccc(C(=O)NCCNC(=O)O[C@@H]3[C@H](O)[C@@H](COP(=O)(O)OP(=O)(O)OP(=O)(O)O)O[C@H]3n3cnc4c(=O)[nH]c(N)nc43)cc21.COc1cc2c(c(Cl)c1O)Oc1c(cc(OC)c(O)c1Cl)C21OC(=O)c2ccc(C(=O)NCCNC(=O)O[C@H]3[C@@H](O)[C@H](n4cnc5c(=O)[nH]c(N)nc54)O[C@@H]3COP(=O)(O)OP(=O)(O)OP(=O)(O)O)cc21. The van der Waals surface area contributed by atoms with Gasteiger partial charge in [0.1, 0.15) is 44.5 Å². The molecule has 60 nitrogen and oxygen atoms in total. The normalized spacial score (nSPS) is 20.4. The number of phenols is 4. The predicted octanol–water partition coefficient (Wildman–Crippen LogP) is 4.26. The van der Waals surface area contributed by atoms with Crippen LogP contribution in [0.3, 0.4) is 0 Å². The largest absolute Gasteiger partial charge is 0.503 e. The number of carbonyl (C=O) groups is 6. The number of rotatable bonds is 30. The van der Waals surface area contributed by atoms with Gasteiger partial charge in [0, 0.05) is 48.4 Å². The topological polar surface area (TPSA) is 882 Å². The van der Waals surface area contributed by atoms with Gasteiger partial charge in [-0.15, -0.1) is 0 Å². The number of esters is 2. The molecule has 2 fully saturated rings. The van der Waals surface area contributed by atoms with Crippen LogP contribution in [-0.2, 0) is 93.3 Å². The standard InChI is InChI=1S/2C36H34Cl2N7O23P3/c1-60-17-8-15-26(20(37)23(17)46)64-27-16(9-18(61-2)24(47)21(27)38)36(15)14-7-12(3-4-13(14)33(51)66-36)30(49)40-5-6-41-35(52)65-28-19(10-62-70(56,57)68-71(58,59)67-69(53,54)55)63-32(25(28)48)45-11-42-22-29(45)43-34(39)44-31(22)50;1-60-17-8-15-26(20(37)23(17)46)64-27-16(9-18(61-2)24(47)21(27)38)36(15)14-7-12(3-4-13(14)33(51)66-36)30(49)40-5-6-41-35(52)65-28-25(48)19(10-62-70(56,57)68-71(58,59)67-69(53,54)55)63-32(28)45-11-42-22-29(45)43-34(39)44-31(22)50/h2*3-4,7-9,11,19,25,28,32,46-48H,5-6,10H2,1-2H3,(H,40,49)(H,41,52)(H,56,57)(H,58,59)(H2,53,54,55)(H3,39,43,44,50)/t2*19-,25-,28-,32-/m11/s1. The summed E-state index contributed by atoms with van der Waals surface area (Å²) in [5.41, 5.74) is 4.52. The Morgan fingerprint density at radius 3 is 1.15 bits per heavy atom. The second-order valence-corrected chi connectivity index (χ2v) is 40.2. The summed E-state index contributed by atoms with van der Waals surface area (Å²) in [6, 6.07) is 13.0. The van der Waals surface area contributed by atoms with E-state index in [-0.39, 0.29) is 176 Å². The number of aromatic nitrogens is 8. The number of hydrogen-bond acceptors (Lipinski definition) is 44. The summed E-state index contributed by atoms with van der Waals surface area (Å²) in [5.74, 6) is -7.91. The predicted molar refractivity (Wildman–Crippen MR) is 468 cm³/mol. The number of aliphatic hydroxyl groups is 2. The Morgan fingerprint density at radius 2 is 0.796 bits per heavy atom. The number of aliphatic hydroxyl groups excluding tert-OH is 2. The van der Waals surface area contributed by atoms with Gasteiger partial charge >= 0.3 is 71.1 Å². The molecule has 2 saturated heterocycles. The lowest BCUT2D eigenvalue weighted by atomic mass is 9.77. The number of imidazole rings is 2. The van der Waals surface area contributed by atoms with Crippen molar-refractivity contribution in [3.05, 3.63) is 170 Å². The molecule has 10 heterocycles. The first kappa shape index (κ1) is 104. The third-order valence-electron chi connectivity index (χ3n) is 21.3. The molecule has 6 aliphatic rings. The van der Waals surface area contributed by atoms with E-state index in [1.54, 1.807) is 0 Å². The zero-order valence-corrected chi connectivity index (χ0v) is 79.5. The minimum atomic E-state index is -5.97. The number of phenolic OH excluding ortho intramolecular Hbond substituents is 4. The first-order valence-electron chi connectivity index (χ1n) is 39.2. The lowest BCUT2D eigenvalue weighted by Crippen LogP contribution is -2.42. The number of aromatic hydroxyl groups is 4. The quantitative estimate of drug-likeness (QED) is 0.0129. The van der Waals surface area contributed by atoms with Crippen LogP contribution in [0, 0.1) is 0 Å². The number of phosphoric ester groups is 2. The van der Waals surface area contributed by atoms with Crippen molar-refractivity contribution in [1.29, 1.82) is 0 Å². The Morgan fingerprint density at radius 1 is 0.458 bits per heavy atom. The molecular formula is C72H68Cl4N14O46P6. The zero-order valence-electron chi connectivity index (χ0n) is 71.1. The Labute approximate surface area is 807 Å². The van der Waals surface area contributed by atoms with Crippen LogP contribution in [0.1, 0.15) is 87.3 Å². The molecule has 6 aromatic carbocycles. The number of anilines is 2. The number of amides is 4. The third-order valence-corrected chi connectivity index (χ3v) is 30.3. The van der Waals surface area contributed by atoms with Crippen LogP contribution in [-0.4, -0.2) is 249 Å². The molecule has 16 rings (SSSR count). The first-order chi connectivity index (χ1) is 66.6. The number of alkyl carbamates (subject to hydrolysis) is 2. The van der Waals surface area contributed by atoms with Crippen molar-refractivity contribution in [1.82, 2.24) is 60.3 Å². The maximum atomic E-state index is 13.7. The van der Waals surface area contributed by atoms with Gasteiger partial charge in [-0.25, -0.2) is 56.5 Å². The lowest BCUT2D eigenvalue weighted by Gasteiger charge is -2.37. The number of phosphoric acid groups is 6. The number of fused-ring (bicyclic) bond motifs is 14. The highest BCUT2D eigenvalue weighted by atomic mass is 35.5. The first-order valence-corrected chi connectivity index (χ1v) is 49.8. The molecule has 10 aromatic rings. The fourth-order valence-corrected chi connectivity index (χ4v) is 22.4. The van der Waals surface area contributed by atoms with Gasteiger partial charge in [0.05, 0.1) is 87.7 Å². The third kappa shape index (κ3) is 20.1. The number of carbonyl (C=O) groups excluding carboxylic acids is 6. The Hall–Kier alpha value is -12.1. The van der Waals surface area contributed by atoms with Gasteiger partial charge in [-0.05, 0) is 60.7 Å². The Bertz CT molecular complexity index is 7240. The highest BCUT2D eigenvalue weighted by molar-refractivity contribution is 7.67. The van der Waals surface area contributed by atoms with E-state index in [9.17, 15) is 116 Å². The van der Waals surface area contributed by atoms with Crippen molar-refractivity contribution in [3.8, 4) is 69.0 Å². The van der Waals surface area contributed by atoms with Gasteiger partial charge in [0.2, 0.25) is 11.9 Å². The van der Waals surface area contributed by atoms with E-state index in [4.69, 9.17) is 134 Å². The van der Waals surface area contributed by atoms with Crippen molar-refractivity contribution >= 4 is 164 Å². The smallest absolute Gasteiger partial charge is 0.490 e. The zero-order chi connectivity index (χ0) is 103. The summed E-state index contributed by atoms with van der Waals surface area (Å²) in [7, 11) is -30.0. The van der Waals surface area contributed by atoms with E-state index < -0.39 is 196 Å². The van der Waals surface area contributed by atoms with E-state index >= 15 is 0 Å². The fourth-order valence-electron chi connectivity index (χ4n) is 15.4. The summed E-state index contributed by atoms with van der Waals surface area (Å²) in [6.07, 6.45) is -15.2. The van der Waals surface area contributed by atoms with Crippen LogP contribution in [0.2, 0.25) is 20.1 Å². The maximum absolute atomic E-state index is 13.7. The monoisotopic (exact) mass is 2190 g/mol. The molecule has 0 radical (unpaired) electrons. The molecule has 142 heavy (non-hydrogen) atoms. The number of nitrogens with two attached hydrogens (primary N) is 2. The average molecular weight is 2190 g/mol. The number of nitrogens with one attached hydrogen (secondary N) is 6.